The Bertz CT molecular complexity index is 410. The molecule has 1 atom stereocenters. The highest BCUT2D eigenvalue weighted by atomic mass is 19.1. The Morgan fingerprint density at radius 1 is 1.42 bits per heavy atom. The zero-order chi connectivity index (χ0) is 14.3. The van der Waals surface area contributed by atoms with Gasteiger partial charge in [0.1, 0.15) is 11.9 Å². The van der Waals surface area contributed by atoms with Crippen molar-refractivity contribution in [2.45, 2.75) is 13.0 Å². The van der Waals surface area contributed by atoms with E-state index in [4.69, 9.17) is 4.74 Å². The highest BCUT2D eigenvalue weighted by Crippen LogP contribution is 2.18. The molecule has 0 bridgehead atoms. The van der Waals surface area contributed by atoms with Crippen molar-refractivity contribution in [3.63, 3.8) is 0 Å². The fourth-order valence-corrected chi connectivity index (χ4v) is 1.69. The number of hydrogen-bond donors (Lipinski definition) is 1. The van der Waals surface area contributed by atoms with Gasteiger partial charge in [0.25, 0.3) is 0 Å². The lowest BCUT2D eigenvalue weighted by atomic mass is 10.1. The largest absolute Gasteiger partial charge is 0.465 e. The zero-order valence-electron chi connectivity index (χ0n) is 11.6. The molecular weight excluding hydrogens is 247 g/mol. The SMILES string of the molecule is CCOC(=O)C(NCCN(C)C)c1ccccc1F. The molecule has 1 N–H and O–H groups in total. The highest BCUT2D eigenvalue weighted by Gasteiger charge is 2.23. The van der Waals surface area contributed by atoms with Crippen molar-refractivity contribution in [1.82, 2.24) is 10.2 Å². The molecule has 1 aromatic carbocycles. The van der Waals surface area contributed by atoms with Gasteiger partial charge in [-0.1, -0.05) is 18.2 Å². The van der Waals surface area contributed by atoms with Crippen molar-refractivity contribution < 1.29 is 13.9 Å². The predicted octanol–water partition coefficient (Wildman–Crippen LogP) is 1.58. The van der Waals surface area contributed by atoms with Crippen molar-refractivity contribution in [2.24, 2.45) is 0 Å². The van der Waals surface area contributed by atoms with E-state index in [-0.39, 0.29) is 6.61 Å². The van der Waals surface area contributed by atoms with Crippen LogP contribution in [0.15, 0.2) is 24.3 Å². The normalized spacial score (nSPS) is 12.5. The second-order valence-electron chi connectivity index (χ2n) is 4.46. The Labute approximate surface area is 113 Å². The molecule has 0 saturated heterocycles. The molecule has 19 heavy (non-hydrogen) atoms. The standard InChI is InChI=1S/C14H21FN2O2/c1-4-19-14(18)13(16-9-10-17(2)3)11-7-5-6-8-12(11)15/h5-8,13,16H,4,9-10H2,1-3H3. The molecule has 0 saturated carbocycles. The van der Waals surface area contributed by atoms with E-state index in [2.05, 4.69) is 5.32 Å². The van der Waals surface area contributed by atoms with Gasteiger partial charge in [-0.25, -0.2) is 9.18 Å². The first-order chi connectivity index (χ1) is 9.06. The van der Waals surface area contributed by atoms with Crippen molar-refractivity contribution in [3.05, 3.63) is 35.6 Å². The molecule has 5 heteroatoms. The maximum Gasteiger partial charge on any atom is 0.327 e. The third kappa shape index (κ3) is 4.96. The molecule has 106 valence electrons. The number of rotatable bonds is 7. The number of benzene rings is 1. The number of likely N-dealkylation sites (N-methyl/N-ethyl adjacent to an activating group) is 1. The average molecular weight is 268 g/mol. The summed E-state index contributed by atoms with van der Waals surface area (Å²) < 4.78 is 18.8. The summed E-state index contributed by atoms with van der Waals surface area (Å²) in [4.78, 5) is 13.9. The van der Waals surface area contributed by atoms with Crippen LogP contribution in [0, 0.1) is 5.82 Å². The first-order valence-corrected chi connectivity index (χ1v) is 6.35. The number of carbonyl (C=O) groups is 1. The first kappa shape index (κ1) is 15.6. The summed E-state index contributed by atoms with van der Waals surface area (Å²) in [7, 11) is 3.87. The van der Waals surface area contributed by atoms with Crippen LogP contribution >= 0.6 is 0 Å². The number of halogens is 1. The predicted molar refractivity (Wildman–Crippen MR) is 72.3 cm³/mol. The van der Waals surface area contributed by atoms with Crippen LogP contribution in [0.1, 0.15) is 18.5 Å². The fraction of sp³-hybridized carbons (Fsp3) is 0.500. The van der Waals surface area contributed by atoms with Crippen LogP contribution < -0.4 is 5.32 Å². The van der Waals surface area contributed by atoms with Gasteiger partial charge in [0.05, 0.1) is 6.61 Å². The zero-order valence-corrected chi connectivity index (χ0v) is 11.6. The molecule has 1 aromatic rings. The van der Waals surface area contributed by atoms with E-state index in [0.29, 0.717) is 12.1 Å². The molecule has 1 unspecified atom stereocenters. The van der Waals surface area contributed by atoms with Gasteiger partial charge in [-0.05, 0) is 27.1 Å². The molecule has 0 fully saturated rings. The first-order valence-electron chi connectivity index (χ1n) is 6.35. The van der Waals surface area contributed by atoms with Crippen LogP contribution in [0.2, 0.25) is 0 Å². The Hall–Kier alpha value is -1.46. The fourth-order valence-electron chi connectivity index (χ4n) is 1.69. The van der Waals surface area contributed by atoms with E-state index >= 15 is 0 Å². The van der Waals surface area contributed by atoms with Crippen LogP contribution in [-0.2, 0) is 9.53 Å². The Morgan fingerprint density at radius 2 is 2.11 bits per heavy atom. The second kappa shape index (κ2) is 7.86. The van der Waals surface area contributed by atoms with Crippen LogP contribution in [0.3, 0.4) is 0 Å². The van der Waals surface area contributed by atoms with Crippen molar-refractivity contribution in [3.8, 4) is 0 Å². The number of nitrogens with zero attached hydrogens (tertiary/aromatic N) is 1. The lowest BCUT2D eigenvalue weighted by Crippen LogP contribution is -2.35. The smallest absolute Gasteiger partial charge is 0.327 e. The topological polar surface area (TPSA) is 41.6 Å². The minimum absolute atomic E-state index is 0.277. The van der Waals surface area contributed by atoms with E-state index in [1.807, 2.05) is 19.0 Å². The highest BCUT2D eigenvalue weighted by molar-refractivity contribution is 5.77. The van der Waals surface area contributed by atoms with E-state index in [9.17, 15) is 9.18 Å². The van der Waals surface area contributed by atoms with Gasteiger partial charge in [0.15, 0.2) is 0 Å². The second-order valence-corrected chi connectivity index (χ2v) is 4.46. The summed E-state index contributed by atoms with van der Waals surface area (Å²) in [5.41, 5.74) is 0.319. The summed E-state index contributed by atoms with van der Waals surface area (Å²) in [6.45, 7) is 3.34. The van der Waals surface area contributed by atoms with Crippen LogP contribution in [0.5, 0.6) is 0 Å². The molecule has 0 amide bonds. The van der Waals surface area contributed by atoms with Gasteiger partial charge >= 0.3 is 5.97 Å². The summed E-state index contributed by atoms with van der Waals surface area (Å²) in [5.74, 6) is -0.857. The number of hydrogen-bond acceptors (Lipinski definition) is 4. The lowest BCUT2D eigenvalue weighted by Gasteiger charge is -2.19. The number of esters is 1. The maximum absolute atomic E-state index is 13.8. The number of carbonyl (C=O) groups excluding carboxylic acids is 1. The van der Waals surface area contributed by atoms with E-state index in [1.54, 1.807) is 25.1 Å². The van der Waals surface area contributed by atoms with Crippen LogP contribution in [0.25, 0.3) is 0 Å². The van der Waals surface area contributed by atoms with Gasteiger partial charge < -0.3 is 9.64 Å². The number of ether oxygens (including phenoxy) is 1. The van der Waals surface area contributed by atoms with Gasteiger partial charge in [-0.2, -0.15) is 0 Å². The van der Waals surface area contributed by atoms with E-state index in [1.165, 1.54) is 6.07 Å². The summed E-state index contributed by atoms with van der Waals surface area (Å²) in [6.07, 6.45) is 0. The van der Waals surface area contributed by atoms with Gasteiger partial charge in [-0.15, -0.1) is 0 Å². The lowest BCUT2D eigenvalue weighted by molar-refractivity contribution is -0.146. The molecule has 1 rings (SSSR count). The molecule has 0 aromatic heterocycles. The Balaban J connectivity index is 2.80. The molecule has 4 nitrogen and oxygen atoms in total. The molecular formula is C14H21FN2O2. The van der Waals surface area contributed by atoms with Gasteiger partial charge in [0, 0.05) is 18.7 Å². The summed E-state index contributed by atoms with van der Waals surface area (Å²) in [6, 6.07) is 5.48. The third-order valence-corrected chi connectivity index (χ3v) is 2.65. The Kier molecular flexibility index (Phi) is 6.45. The van der Waals surface area contributed by atoms with Crippen molar-refractivity contribution in [2.75, 3.05) is 33.8 Å². The maximum atomic E-state index is 13.8. The molecule has 0 spiro atoms. The molecule has 0 heterocycles. The van der Waals surface area contributed by atoms with E-state index in [0.717, 1.165) is 6.54 Å². The summed E-state index contributed by atoms with van der Waals surface area (Å²) in [5, 5.41) is 3.04. The van der Waals surface area contributed by atoms with Crippen molar-refractivity contribution in [1.29, 1.82) is 0 Å². The minimum atomic E-state index is -0.763. The summed E-state index contributed by atoms with van der Waals surface area (Å²) >= 11 is 0. The molecule has 0 aliphatic rings. The van der Waals surface area contributed by atoms with Gasteiger partial charge in [-0.3, -0.25) is 5.32 Å². The van der Waals surface area contributed by atoms with Crippen LogP contribution in [0.4, 0.5) is 4.39 Å². The van der Waals surface area contributed by atoms with Crippen molar-refractivity contribution >= 4 is 5.97 Å². The monoisotopic (exact) mass is 268 g/mol. The van der Waals surface area contributed by atoms with Gasteiger partial charge in [0.2, 0.25) is 0 Å². The van der Waals surface area contributed by atoms with E-state index < -0.39 is 17.8 Å². The molecule has 0 aliphatic heterocycles. The third-order valence-electron chi connectivity index (χ3n) is 2.65. The Morgan fingerprint density at radius 3 is 2.68 bits per heavy atom. The minimum Gasteiger partial charge on any atom is -0.465 e. The molecule has 0 radical (unpaired) electrons. The quantitative estimate of drug-likeness (QED) is 0.762. The van der Waals surface area contributed by atoms with Crippen LogP contribution in [-0.4, -0.2) is 44.7 Å². The number of nitrogens with one attached hydrogen (secondary N) is 1. The molecule has 0 aliphatic carbocycles. The average Bonchev–Trinajstić information content (AvgIpc) is 2.36.